The largest absolute Gasteiger partial charge is 0.243 e. The summed E-state index contributed by atoms with van der Waals surface area (Å²) in [6, 6.07) is 2.35. The summed E-state index contributed by atoms with van der Waals surface area (Å²) in [5.41, 5.74) is 1.50. The van der Waals surface area contributed by atoms with Gasteiger partial charge in [-0.2, -0.15) is 0 Å². The predicted octanol–water partition coefficient (Wildman–Crippen LogP) is 6.24. The first-order chi connectivity index (χ1) is 8.90. The number of thiazole rings is 1. The summed E-state index contributed by atoms with van der Waals surface area (Å²) in [7, 11) is 0. The Morgan fingerprint density at radius 1 is 0.895 bits per heavy atom. The zero-order valence-corrected chi connectivity index (χ0v) is 14.3. The van der Waals surface area contributed by atoms with Crippen LogP contribution >= 0.6 is 22.7 Å². The van der Waals surface area contributed by atoms with Gasteiger partial charge in [0.15, 0.2) is 0 Å². The van der Waals surface area contributed by atoms with E-state index < -0.39 is 0 Å². The molecule has 2 heterocycles. The van der Waals surface area contributed by atoms with Gasteiger partial charge in [-0.3, -0.25) is 0 Å². The molecule has 2 rings (SSSR count). The van der Waals surface area contributed by atoms with Crippen molar-refractivity contribution in [3.63, 3.8) is 0 Å². The van der Waals surface area contributed by atoms with Gasteiger partial charge in [-0.25, -0.2) is 4.98 Å². The smallest absolute Gasteiger partial charge is 0.133 e. The minimum absolute atomic E-state index is 0.570. The van der Waals surface area contributed by atoms with Crippen LogP contribution in [0.3, 0.4) is 0 Å². The van der Waals surface area contributed by atoms with Gasteiger partial charge in [-0.1, -0.05) is 41.5 Å². The zero-order valence-electron chi connectivity index (χ0n) is 12.7. The highest BCUT2D eigenvalue weighted by molar-refractivity contribution is 7.22. The molecule has 0 aliphatic heterocycles. The van der Waals surface area contributed by atoms with Crippen LogP contribution in [0, 0.1) is 0 Å². The van der Waals surface area contributed by atoms with Crippen LogP contribution in [0.4, 0.5) is 0 Å². The van der Waals surface area contributed by atoms with E-state index in [4.69, 9.17) is 0 Å². The number of nitrogens with zero attached hydrogens (tertiary/aromatic N) is 1. The molecule has 0 aliphatic carbocycles. The highest BCUT2D eigenvalue weighted by atomic mass is 32.1. The molecule has 0 radical (unpaired) electrons. The van der Waals surface area contributed by atoms with Gasteiger partial charge in [0, 0.05) is 16.0 Å². The van der Waals surface area contributed by atoms with Gasteiger partial charge in [-0.15, -0.1) is 22.7 Å². The first kappa shape index (κ1) is 14.7. The molecule has 0 unspecified atom stereocenters. The molecule has 0 spiro atoms. The van der Waals surface area contributed by atoms with Crippen LogP contribution < -0.4 is 0 Å². The average molecular weight is 294 g/mol. The maximum absolute atomic E-state index is 4.61. The van der Waals surface area contributed by atoms with Gasteiger partial charge < -0.3 is 0 Å². The van der Waals surface area contributed by atoms with E-state index in [1.54, 1.807) is 0 Å². The van der Waals surface area contributed by atoms with Gasteiger partial charge in [0.2, 0.25) is 0 Å². The fourth-order valence-electron chi connectivity index (χ4n) is 2.09. The van der Waals surface area contributed by atoms with E-state index in [9.17, 15) is 0 Å². The fourth-order valence-corrected chi connectivity index (χ4v) is 4.38. The Morgan fingerprint density at radius 3 is 2.00 bits per heavy atom. The van der Waals surface area contributed by atoms with Crippen molar-refractivity contribution in [2.45, 2.75) is 59.3 Å². The Morgan fingerprint density at radius 2 is 1.58 bits per heavy atom. The SMILES string of the molecule is CC(C)c1cnc(-c2cc(C(C)C)c(C(C)C)s2)s1. The summed E-state index contributed by atoms with van der Waals surface area (Å²) in [6.45, 7) is 13.6. The standard InChI is InChI=1S/C16H23NS2/c1-9(2)12-7-13(18-15(12)11(5)6)16-17-8-14(19-16)10(3)4/h7-11H,1-6H3. The molecule has 0 saturated heterocycles. The van der Waals surface area contributed by atoms with Crippen molar-refractivity contribution in [2.75, 3.05) is 0 Å². The quantitative estimate of drug-likeness (QED) is 0.650. The number of hydrogen-bond acceptors (Lipinski definition) is 3. The number of aromatic nitrogens is 1. The minimum atomic E-state index is 0.570. The highest BCUT2D eigenvalue weighted by Gasteiger charge is 2.17. The van der Waals surface area contributed by atoms with E-state index in [0.29, 0.717) is 17.8 Å². The number of rotatable bonds is 4. The van der Waals surface area contributed by atoms with Crippen molar-refractivity contribution in [3.8, 4) is 9.88 Å². The average Bonchev–Trinajstić information content (AvgIpc) is 2.95. The topological polar surface area (TPSA) is 12.9 Å². The van der Waals surface area contributed by atoms with Crippen LogP contribution in [0.15, 0.2) is 12.3 Å². The molecule has 0 saturated carbocycles. The number of thiophene rings is 1. The van der Waals surface area contributed by atoms with Crippen LogP contribution in [-0.4, -0.2) is 4.98 Å². The van der Waals surface area contributed by atoms with E-state index in [2.05, 4.69) is 52.6 Å². The van der Waals surface area contributed by atoms with Crippen molar-refractivity contribution in [2.24, 2.45) is 0 Å². The lowest BCUT2D eigenvalue weighted by atomic mass is 9.99. The lowest BCUT2D eigenvalue weighted by Gasteiger charge is -2.08. The maximum atomic E-state index is 4.61. The predicted molar refractivity (Wildman–Crippen MR) is 87.7 cm³/mol. The van der Waals surface area contributed by atoms with Crippen molar-refractivity contribution >= 4 is 22.7 Å². The molecule has 0 bridgehead atoms. The summed E-state index contributed by atoms with van der Waals surface area (Å²) < 4.78 is 0. The Hall–Kier alpha value is -0.670. The van der Waals surface area contributed by atoms with Crippen LogP contribution in [0.2, 0.25) is 0 Å². The molecule has 0 amide bonds. The van der Waals surface area contributed by atoms with Gasteiger partial charge in [-0.05, 0) is 29.4 Å². The molecule has 3 heteroatoms. The van der Waals surface area contributed by atoms with Gasteiger partial charge in [0.25, 0.3) is 0 Å². The fraction of sp³-hybridized carbons (Fsp3) is 0.562. The third-order valence-electron chi connectivity index (χ3n) is 3.24. The van der Waals surface area contributed by atoms with E-state index >= 15 is 0 Å². The molecule has 2 aromatic rings. The van der Waals surface area contributed by atoms with Crippen molar-refractivity contribution < 1.29 is 0 Å². The molecule has 104 valence electrons. The second-order valence-electron chi connectivity index (χ2n) is 5.96. The molecular formula is C16H23NS2. The summed E-state index contributed by atoms with van der Waals surface area (Å²) in [5, 5.41) is 1.18. The normalized spacial score (nSPS) is 12.1. The summed E-state index contributed by atoms with van der Waals surface area (Å²) in [4.78, 5) is 8.84. The van der Waals surface area contributed by atoms with Crippen molar-refractivity contribution in [1.29, 1.82) is 0 Å². The monoisotopic (exact) mass is 293 g/mol. The second kappa shape index (κ2) is 5.76. The Labute approximate surface area is 124 Å². The second-order valence-corrected chi connectivity index (χ2v) is 8.11. The van der Waals surface area contributed by atoms with Gasteiger partial charge in [0.1, 0.15) is 5.01 Å². The molecule has 0 fully saturated rings. The Kier molecular flexibility index (Phi) is 4.46. The maximum Gasteiger partial charge on any atom is 0.133 e. The minimum Gasteiger partial charge on any atom is -0.243 e. The molecule has 0 aromatic carbocycles. The molecule has 0 aliphatic rings. The molecule has 19 heavy (non-hydrogen) atoms. The third kappa shape index (κ3) is 3.09. The summed E-state index contributed by atoms with van der Waals surface area (Å²) in [6.07, 6.45) is 2.04. The molecule has 1 nitrogen and oxygen atoms in total. The van der Waals surface area contributed by atoms with Crippen LogP contribution in [0.5, 0.6) is 0 Å². The van der Waals surface area contributed by atoms with Gasteiger partial charge in [0.05, 0.1) is 4.88 Å². The Balaban J connectivity index is 2.42. The van der Waals surface area contributed by atoms with Crippen molar-refractivity contribution in [1.82, 2.24) is 4.98 Å². The lowest BCUT2D eigenvalue weighted by molar-refractivity contribution is 0.810. The zero-order chi connectivity index (χ0) is 14.2. The summed E-state index contributed by atoms with van der Waals surface area (Å²) in [5.74, 6) is 1.76. The first-order valence-electron chi connectivity index (χ1n) is 6.99. The Bertz CT molecular complexity index is 521. The van der Waals surface area contributed by atoms with E-state index in [-0.39, 0.29) is 0 Å². The highest BCUT2D eigenvalue weighted by Crippen LogP contribution is 2.40. The van der Waals surface area contributed by atoms with E-state index in [0.717, 1.165) is 0 Å². The lowest BCUT2D eigenvalue weighted by Crippen LogP contribution is -1.91. The first-order valence-corrected chi connectivity index (χ1v) is 8.63. The molecular weight excluding hydrogens is 270 g/mol. The van der Waals surface area contributed by atoms with E-state index in [1.165, 1.54) is 25.2 Å². The molecule has 0 N–H and O–H groups in total. The molecule has 0 atom stereocenters. The number of hydrogen-bond donors (Lipinski definition) is 0. The van der Waals surface area contributed by atoms with E-state index in [1.807, 2.05) is 28.9 Å². The molecule has 2 aromatic heterocycles. The van der Waals surface area contributed by atoms with Gasteiger partial charge >= 0.3 is 0 Å². The van der Waals surface area contributed by atoms with Crippen LogP contribution in [0.1, 0.15) is 74.6 Å². The van der Waals surface area contributed by atoms with Crippen LogP contribution in [-0.2, 0) is 0 Å². The van der Waals surface area contributed by atoms with Crippen LogP contribution in [0.25, 0.3) is 9.88 Å². The third-order valence-corrected chi connectivity index (χ3v) is 6.16. The van der Waals surface area contributed by atoms with Crippen molar-refractivity contribution in [3.05, 3.63) is 27.6 Å². The summed E-state index contributed by atoms with van der Waals surface area (Å²) >= 11 is 3.76.